The van der Waals surface area contributed by atoms with Crippen LogP contribution in [0.4, 0.5) is 5.69 Å². The van der Waals surface area contributed by atoms with Crippen LogP contribution in [-0.4, -0.2) is 18.9 Å². The first-order valence-electron chi connectivity index (χ1n) is 7.45. The second-order valence-corrected chi connectivity index (χ2v) is 5.17. The molecule has 0 atom stereocenters. The minimum absolute atomic E-state index is 0.205. The molecule has 0 unspecified atom stereocenters. The number of fused-ring (bicyclic) bond motifs is 1. The zero-order chi connectivity index (χ0) is 16.9. The van der Waals surface area contributed by atoms with Gasteiger partial charge < -0.3 is 15.1 Å². The lowest BCUT2D eigenvalue weighted by atomic mass is 10.2. The highest BCUT2D eigenvalue weighted by Gasteiger charge is 2.05. The van der Waals surface area contributed by atoms with Gasteiger partial charge in [0, 0.05) is 29.8 Å². The van der Waals surface area contributed by atoms with Gasteiger partial charge in [0.15, 0.2) is 0 Å². The Morgan fingerprint density at radius 2 is 1.88 bits per heavy atom. The van der Waals surface area contributed by atoms with E-state index >= 15 is 0 Å². The highest BCUT2D eigenvalue weighted by molar-refractivity contribution is 6.03. The van der Waals surface area contributed by atoms with Gasteiger partial charge in [0.05, 0.1) is 0 Å². The lowest BCUT2D eigenvalue weighted by Gasteiger charge is -2.04. The molecule has 0 fully saturated rings. The number of carbonyl (C=O) groups is 2. The molecule has 2 aromatic carbocycles. The Labute approximate surface area is 139 Å². The molecule has 0 aliphatic carbocycles. The van der Waals surface area contributed by atoms with Gasteiger partial charge in [-0.1, -0.05) is 24.3 Å². The summed E-state index contributed by atoms with van der Waals surface area (Å²) in [6.45, 7) is 0. The zero-order valence-electron chi connectivity index (χ0n) is 13.1. The number of anilines is 1. The highest BCUT2D eigenvalue weighted by atomic mass is 16.3. The van der Waals surface area contributed by atoms with Crippen LogP contribution in [0.5, 0.6) is 0 Å². The van der Waals surface area contributed by atoms with Crippen molar-refractivity contribution in [1.29, 1.82) is 0 Å². The summed E-state index contributed by atoms with van der Waals surface area (Å²) in [5.41, 5.74) is 1.81. The molecule has 0 radical (unpaired) electrons. The van der Waals surface area contributed by atoms with E-state index in [1.54, 1.807) is 37.4 Å². The first-order valence-corrected chi connectivity index (χ1v) is 7.45. The third kappa shape index (κ3) is 3.52. The fourth-order valence-electron chi connectivity index (χ4n) is 2.31. The number of carbonyl (C=O) groups excluding carboxylic acids is 2. The molecule has 0 bridgehead atoms. The van der Waals surface area contributed by atoms with E-state index in [9.17, 15) is 9.59 Å². The molecular weight excluding hydrogens is 304 g/mol. The maximum atomic E-state index is 12.0. The zero-order valence-corrected chi connectivity index (χ0v) is 13.1. The smallest absolute Gasteiger partial charge is 0.251 e. The van der Waals surface area contributed by atoms with Crippen molar-refractivity contribution < 1.29 is 14.0 Å². The van der Waals surface area contributed by atoms with E-state index in [2.05, 4.69) is 10.6 Å². The quantitative estimate of drug-likeness (QED) is 0.723. The van der Waals surface area contributed by atoms with Crippen LogP contribution in [0.1, 0.15) is 16.1 Å². The van der Waals surface area contributed by atoms with Crippen LogP contribution in [0.3, 0.4) is 0 Å². The Balaban J connectivity index is 1.70. The summed E-state index contributed by atoms with van der Waals surface area (Å²) in [5.74, 6) is 0.0962. The maximum absolute atomic E-state index is 12.0. The van der Waals surface area contributed by atoms with E-state index in [-0.39, 0.29) is 11.8 Å². The fraction of sp³-hybridized carbons (Fsp3) is 0.0526. The number of nitrogens with one attached hydrogen (secondary N) is 2. The molecule has 3 aromatic rings. The van der Waals surface area contributed by atoms with Crippen molar-refractivity contribution >= 4 is 34.5 Å². The van der Waals surface area contributed by atoms with Gasteiger partial charge in [-0.3, -0.25) is 9.59 Å². The SMILES string of the molecule is CNC(=O)c1cccc(NC(=O)/C=C/c2cc3ccccc3o2)c1. The van der Waals surface area contributed by atoms with Gasteiger partial charge in [-0.05, 0) is 36.4 Å². The van der Waals surface area contributed by atoms with Crippen LogP contribution in [0, 0.1) is 0 Å². The molecule has 120 valence electrons. The lowest BCUT2D eigenvalue weighted by Crippen LogP contribution is -2.18. The molecule has 2 N–H and O–H groups in total. The van der Waals surface area contributed by atoms with Crippen molar-refractivity contribution in [2.45, 2.75) is 0 Å². The fourth-order valence-corrected chi connectivity index (χ4v) is 2.31. The number of furan rings is 1. The van der Waals surface area contributed by atoms with E-state index < -0.39 is 0 Å². The van der Waals surface area contributed by atoms with Crippen molar-refractivity contribution in [1.82, 2.24) is 5.32 Å². The molecule has 24 heavy (non-hydrogen) atoms. The van der Waals surface area contributed by atoms with Gasteiger partial charge in [-0.15, -0.1) is 0 Å². The number of benzene rings is 2. The molecule has 0 aliphatic heterocycles. The van der Waals surface area contributed by atoms with Crippen LogP contribution < -0.4 is 10.6 Å². The van der Waals surface area contributed by atoms with Crippen molar-refractivity contribution in [3.05, 3.63) is 72.0 Å². The first kappa shape index (κ1) is 15.6. The molecule has 0 saturated carbocycles. The van der Waals surface area contributed by atoms with Crippen LogP contribution >= 0.6 is 0 Å². The van der Waals surface area contributed by atoms with Crippen LogP contribution in [-0.2, 0) is 4.79 Å². The summed E-state index contributed by atoms with van der Waals surface area (Å²) in [7, 11) is 1.56. The maximum Gasteiger partial charge on any atom is 0.251 e. The van der Waals surface area contributed by atoms with Crippen molar-refractivity contribution in [2.75, 3.05) is 12.4 Å². The predicted molar refractivity (Wildman–Crippen MR) is 93.7 cm³/mol. The standard InChI is InChI=1S/C19H16N2O3/c1-20-19(23)14-6-4-7-15(11-14)21-18(22)10-9-16-12-13-5-2-3-8-17(13)24-16/h2-12H,1H3,(H,20,23)(H,21,22)/b10-9+. The predicted octanol–water partition coefficient (Wildman–Crippen LogP) is 3.44. The summed E-state index contributed by atoms with van der Waals surface area (Å²) in [5, 5.41) is 6.24. The second-order valence-electron chi connectivity index (χ2n) is 5.17. The summed E-state index contributed by atoms with van der Waals surface area (Å²) in [6, 6.07) is 16.2. The van der Waals surface area contributed by atoms with E-state index in [0.717, 1.165) is 11.0 Å². The Morgan fingerprint density at radius 3 is 2.67 bits per heavy atom. The highest BCUT2D eigenvalue weighted by Crippen LogP contribution is 2.19. The minimum atomic E-state index is -0.301. The van der Waals surface area contributed by atoms with Gasteiger partial charge in [-0.2, -0.15) is 0 Å². The van der Waals surface area contributed by atoms with Gasteiger partial charge in [0.2, 0.25) is 5.91 Å². The molecule has 1 aromatic heterocycles. The number of amides is 2. The monoisotopic (exact) mass is 320 g/mol. The molecule has 0 aliphatic rings. The van der Waals surface area contributed by atoms with Crippen LogP contribution in [0.15, 0.2) is 65.1 Å². The number of para-hydroxylation sites is 1. The molecule has 3 rings (SSSR count). The van der Waals surface area contributed by atoms with E-state index in [1.807, 2.05) is 30.3 Å². The third-order valence-electron chi connectivity index (χ3n) is 3.46. The van der Waals surface area contributed by atoms with E-state index in [0.29, 0.717) is 17.0 Å². The number of rotatable bonds is 4. The average molecular weight is 320 g/mol. The third-order valence-corrected chi connectivity index (χ3v) is 3.46. The summed E-state index contributed by atoms with van der Waals surface area (Å²) >= 11 is 0. The Morgan fingerprint density at radius 1 is 1.04 bits per heavy atom. The average Bonchev–Trinajstić information content (AvgIpc) is 3.02. The lowest BCUT2D eigenvalue weighted by molar-refractivity contribution is -0.111. The molecule has 2 amide bonds. The Kier molecular flexibility index (Phi) is 4.43. The first-order chi connectivity index (χ1) is 11.7. The largest absolute Gasteiger partial charge is 0.457 e. The van der Waals surface area contributed by atoms with Gasteiger partial charge in [-0.25, -0.2) is 0 Å². The van der Waals surface area contributed by atoms with Gasteiger partial charge >= 0.3 is 0 Å². The van der Waals surface area contributed by atoms with Gasteiger partial charge in [0.25, 0.3) is 5.91 Å². The van der Waals surface area contributed by atoms with Crippen LogP contribution in [0.2, 0.25) is 0 Å². The molecular formula is C19H16N2O3. The van der Waals surface area contributed by atoms with Gasteiger partial charge in [0.1, 0.15) is 11.3 Å². The second kappa shape index (κ2) is 6.83. The molecule has 1 heterocycles. The van der Waals surface area contributed by atoms with E-state index in [1.165, 1.54) is 6.08 Å². The summed E-state index contributed by atoms with van der Waals surface area (Å²) in [4.78, 5) is 23.6. The normalized spacial score (nSPS) is 10.9. The molecule has 0 spiro atoms. The number of hydrogen-bond acceptors (Lipinski definition) is 3. The van der Waals surface area contributed by atoms with Crippen molar-refractivity contribution in [2.24, 2.45) is 0 Å². The van der Waals surface area contributed by atoms with E-state index in [4.69, 9.17) is 4.42 Å². The molecule has 0 saturated heterocycles. The van der Waals surface area contributed by atoms with Crippen molar-refractivity contribution in [3.63, 3.8) is 0 Å². The topological polar surface area (TPSA) is 71.3 Å². The number of hydrogen-bond donors (Lipinski definition) is 2. The Bertz CT molecular complexity index is 892. The minimum Gasteiger partial charge on any atom is -0.457 e. The summed E-state index contributed by atoms with van der Waals surface area (Å²) in [6.07, 6.45) is 3.00. The van der Waals surface area contributed by atoms with Crippen LogP contribution in [0.25, 0.3) is 17.0 Å². The molecule has 5 heteroatoms. The van der Waals surface area contributed by atoms with Crippen molar-refractivity contribution in [3.8, 4) is 0 Å². The Hall–Kier alpha value is -3.34. The molecule has 5 nitrogen and oxygen atoms in total. The summed E-state index contributed by atoms with van der Waals surface area (Å²) < 4.78 is 5.61.